The van der Waals surface area contributed by atoms with Crippen LogP contribution >= 0.6 is 0 Å². The third kappa shape index (κ3) is 4.06. The van der Waals surface area contributed by atoms with E-state index in [1.165, 1.54) is 0 Å². The molecule has 7 heteroatoms. The Labute approximate surface area is 153 Å². The highest BCUT2D eigenvalue weighted by atomic mass is 16.5. The van der Waals surface area contributed by atoms with Crippen molar-refractivity contribution < 1.29 is 13.9 Å². The zero-order valence-corrected chi connectivity index (χ0v) is 15.4. The number of hydrogen-bond donors (Lipinski definition) is 0. The predicted octanol–water partition coefficient (Wildman–Crippen LogP) is 1.72. The second-order valence-corrected chi connectivity index (χ2v) is 7.27. The molecule has 0 aromatic carbocycles. The zero-order valence-electron chi connectivity index (χ0n) is 15.4. The van der Waals surface area contributed by atoms with E-state index in [0.29, 0.717) is 18.0 Å². The highest BCUT2D eigenvalue weighted by Gasteiger charge is 2.33. The molecule has 0 N–H and O–H groups in total. The number of fused-ring (bicyclic) bond motifs is 3. The molecular formula is C19H26N4O3. The van der Waals surface area contributed by atoms with Crippen molar-refractivity contribution in [2.24, 2.45) is 5.92 Å². The summed E-state index contributed by atoms with van der Waals surface area (Å²) < 4.78 is 16.8. The zero-order chi connectivity index (χ0) is 17.9. The molecule has 2 aliphatic heterocycles. The number of aryl methyl sites for hydroxylation is 1. The van der Waals surface area contributed by atoms with E-state index in [2.05, 4.69) is 25.8 Å². The summed E-state index contributed by atoms with van der Waals surface area (Å²) in [6.07, 6.45) is 3.70. The van der Waals surface area contributed by atoms with Gasteiger partial charge in [0.05, 0.1) is 26.9 Å². The van der Waals surface area contributed by atoms with Gasteiger partial charge in [0, 0.05) is 56.1 Å². The average Bonchev–Trinajstić information content (AvgIpc) is 2.84. The smallest absolute Gasteiger partial charge is 0.316 e. The van der Waals surface area contributed by atoms with Crippen LogP contribution in [-0.2, 0) is 17.8 Å². The lowest BCUT2D eigenvalue weighted by Crippen LogP contribution is -2.43. The summed E-state index contributed by atoms with van der Waals surface area (Å²) in [7, 11) is 1.58. The SMILES string of the molecule is COc1ncc(CN2C[C@H]3COC[C@@H]2CN(Cc2ccc(C)o2)C3)cn1. The van der Waals surface area contributed by atoms with Gasteiger partial charge in [-0.3, -0.25) is 9.80 Å². The van der Waals surface area contributed by atoms with E-state index in [0.717, 1.165) is 63.0 Å². The maximum Gasteiger partial charge on any atom is 0.316 e. The van der Waals surface area contributed by atoms with Crippen LogP contribution in [0.4, 0.5) is 0 Å². The standard InChI is InChI=1S/C19H26N4O3/c1-14-3-4-18(26-14)11-22-7-16-9-23(17(10-22)13-25-12-16)8-15-5-20-19(24-2)21-6-15/h3-6,16-17H,7-13H2,1-2H3/t16-,17-/m0/s1. The Morgan fingerprint density at radius 3 is 2.69 bits per heavy atom. The van der Waals surface area contributed by atoms with Crippen LogP contribution in [0.1, 0.15) is 17.1 Å². The largest absolute Gasteiger partial charge is 0.467 e. The van der Waals surface area contributed by atoms with Crippen molar-refractivity contribution in [1.29, 1.82) is 0 Å². The highest BCUT2D eigenvalue weighted by molar-refractivity contribution is 5.09. The first-order valence-electron chi connectivity index (χ1n) is 9.14. The monoisotopic (exact) mass is 358 g/mol. The molecule has 0 amide bonds. The normalized spacial score (nSPS) is 24.4. The molecule has 0 radical (unpaired) electrons. The Hall–Kier alpha value is -1.96. The molecular weight excluding hydrogens is 332 g/mol. The van der Waals surface area contributed by atoms with E-state index in [1.54, 1.807) is 7.11 Å². The molecule has 2 aromatic heterocycles. The lowest BCUT2D eigenvalue weighted by atomic mass is 10.1. The van der Waals surface area contributed by atoms with Gasteiger partial charge in [0.1, 0.15) is 11.5 Å². The van der Waals surface area contributed by atoms with E-state index in [9.17, 15) is 0 Å². The van der Waals surface area contributed by atoms with Crippen LogP contribution in [0.15, 0.2) is 28.9 Å². The summed E-state index contributed by atoms with van der Waals surface area (Å²) in [6, 6.07) is 4.89. The summed E-state index contributed by atoms with van der Waals surface area (Å²) >= 11 is 0. The molecule has 7 nitrogen and oxygen atoms in total. The minimum absolute atomic E-state index is 0.362. The first kappa shape index (κ1) is 17.5. The summed E-state index contributed by atoms with van der Waals surface area (Å²) in [5.74, 6) is 2.51. The van der Waals surface area contributed by atoms with Gasteiger partial charge in [-0.05, 0) is 19.1 Å². The van der Waals surface area contributed by atoms with Gasteiger partial charge in [0.25, 0.3) is 0 Å². The first-order valence-corrected chi connectivity index (χ1v) is 9.14. The van der Waals surface area contributed by atoms with Crippen LogP contribution in [0.2, 0.25) is 0 Å². The number of nitrogens with zero attached hydrogens (tertiary/aromatic N) is 4. The van der Waals surface area contributed by atoms with E-state index in [1.807, 2.05) is 25.4 Å². The number of ether oxygens (including phenoxy) is 2. The molecule has 2 aromatic rings. The molecule has 0 saturated carbocycles. The molecule has 0 spiro atoms. The van der Waals surface area contributed by atoms with Crippen LogP contribution in [0.25, 0.3) is 0 Å². The van der Waals surface area contributed by atoms with E-state index >= 15 is 0 Å². The van der Waals surface area contributed by atoms with Gasteiger partial charge >= 0.3 is 6.01 Å². The van der Waals surface area contributed by atoms with E-state index in [-0.39, 0.29) is 0 Å². The predicted molar refractivity (Wildman–Crippen MR) is 95.8 cm³/mol. The summed E-state index contributed by atoms with van der Waals surface area (Å²) in [4.78, 5) is 13.5. The van der Waals surface area contributed by atoms with Gasteiger partial charge in [-0.2, -0.15) is 0 Å². The lowest BCUT2D eigenvalue weighted by Gasteiger charge is -2.30. The maximum atomic E-state index is 5.93. The fraction of sp³-hybridized carbons (Fsp3) is 0.579. The fourth-order valence-electron chi connectivity index (χ4n) is 3.90. The van der Waals surface area contributed by atoms with Crippen LogP contribution < -0.4 is 4.74 Å². The number of furan rings is 1. The minimum Gasteiger partial charge on any atom is -0.467 e. The number of aromatic nitrogens is 2. The number of rotatable bonds is 5. The van der Waals surface area contributed by atoms with Crippen LogP contribution in [0.5, 0.6) is 6.01 Å². The van der Waals surface area contributed by atoms with Crippen molar-refractivity contribution in [2.45, 2.75) is 26.1 Å². The van der Waals surface area contributed by atoms with Crippen LogP contribution in [-0.4, -0.2) is 65.8 Å². The number of methoxy groups -OCH3 is 1. The molecule has 2 aliphatic rings. The molecule has 0 unspecified atom stereocenters. The van der Waals surface area contributed by atoms with Gasteiger partial charge in [-0.15, -0.1) is 0 Å². The van der Waals surface area contributed by atoms with Gasteiger partial charge < -0.3 is 13.9 Å². The van der Waals surface area contributed by atoms with Crippen LogP contribution in [0, 0.1) is 12.8 Å². The Kier molecular flexibility index (Phi) is 5.19. The topological polar surface area (TPSA) is 63.9 Å². The van der Waals surface area contributed by atoms with Crippen molar-refractivity contribution in [3.63, 3.8) is 0 Å². The van der Waals surface area contributed by atoms with Gasteiger partial charge in [0.2, 0.25) is 0 Å². The first-order chi connectivity index (χ1) is 12.7. The molecule has 2 atom stereocenters. The Morgan fingerprint density at radius 1 is 1.12 bits per heavy atom. The molecule has 2 bridgehead atoms. The second-order valence-electron chi connectivity index (χ2n) is 7.27. The summed E-state index contributed by atoms with van der Waals surface area (Å²) in [6.45, 7) is 8.32. The third-order valence-corrected chi connectivity index (χ3v) is 5.08. The third-order valence-electron chi connectivity index (χ3n) is 5.08. The molecule has 2 fully saturated rings. The van der Waals surface area contributed by atoms with Crippen molar-refractivity contribution in [1.82, 2.24) is 19.8 Å². The van der Waals surface area contributed by atoms with E-state index < -0.39 is 0 Å². The molecule has 0 aliphatic carbocycles. The van der Waals surface area contributed by atoms with Crippen molar-refractivity contribution in [2.75, 3.05) is 40.0 Å². The summed E-state index contributed by atoms with van der Waals surface area (Å²) in [5.41, 5.74) is 1.10. The number of hydrogen-bond acceptors (Lipinski definition) is 7. The van der Waals surface area contributed by atoms with Crippen LogP contribution in [0.3, 0.4) is 0 Å². The van der Waals surface area contributed by atoms with Crippen molar-refractivity contribution in [3.8, 4) is 6.01 Å². The molecule has 4 rings (SSSR count). The summed E-state index contributed by atoms with van der Waals surface area (Å²) in [5, 5.41) is 0. The molecule has 4 heterocycles. The van der Waals surface area contributed by atoms with Crippen molar-refractivity contribution >= 4 is 0 Å². The van der Waals surface area contributed by atoms with Gasteiger partial charge in [-0.25, -0.2) is 9.97 Å². The van der Waals surface area contributed by atoms with Crippen molar-refractivity contribution in [3.05, 3.63) is 41.6 Å². The minimum atomic E-state index is 0.362. The van der Waals surface area contributed by atoms with Gasteiger partial charge in [0.15, 0.2) is 0 Å². The Bertz CT molecular complexity index is 718. The second kappa shape index (κ2) is 7.73. The molecule has 2 saturated heterocycles. The van der Waals surface area contributed by atoms with E-state index in [4.69, 9.17) is 13.9 Å². The highest BCUT2D eigenvalue weighted by Crippen LogP contribution is 2.23. The molecule has 140 valence electrons. The average molecular weight is 358 g/mol. The Balaban J connectivity index is 1.45. The Morgan fingerprint density at radius 2 is 1.96 bits per heavy atom. The lowest BCUT2D eigenvalue weighted by molar-refractivity contribution is 0.0451. The quantitative estimate of drug-likeness (QED) is 0.806. The maximum absolute atomic E-state index is 5.93. The van der Waals surface area contributed by atoms with Gasteiger partial charge in [-0.1, -0.05) is 0 Å². The molecule has 26 heavy (non-hydrogen) atoms. The fourth-order valence-corrected chi connectivity index (χ4v) is 3.90.